The Labute approximate surface area is 149 Å². The number of hydrogen-bond acceptors (Lipinski definition) is 3. The van der Waals surface area contributed by atoms with Gasteiger partial charge in [0, 0.05) is 31.6 Å². The third-order valence-corrected chi connectivity index (χ3v) is 4.47. The van der Waals surface area contributed by atoms with Crippen LogP contribution in [0.15, 0.2) is 42.5 Å². The highest BCUT2D eigenvalue weighted by molar-refractivity contribution is 6.01. The molecule has 1 aliphatic rings. The lowest BCUT2D eigenvalue weighted by molar-refractivity contribution is -0.0679. The minimum absolute atomic E-state index is 0.153. The molecule has 5 nitrogen and oxygen atoms in total. The van der Waals surface area contributed by atoms with Crippen molar-refractivity contribution in [3.05, 3.63) is 42.5 Å². The van der Waals surface area contributed by atoms with Crippen molar-refractivity contribution in [3.8, 4) is 0 Å². The van der Waals surface area contributed by atoms with E-state index in [1.807, 2.05) is 42.5 Å². The second-order valence-electron chi connectivity index (χ2n) is 6.78. The molecule has 0 aromatic heterocycles. The first kappa shape index (κ1) is 17.7. The molecule has 134 valence electrons. The number of ether oxygens (including phenoxy) is 1. The molecule has 0 radical (unpaired) electrons. The van der Waals surface area contributed by atoms with Crippen molar-refractivity contribution < 1.29 is 9.53 Å². The average Bonchev–Trinajstić information content (AvgIpc) is 2.58. The molecular weight excluding hydrogens is 314 g/mol. The third kappa shape index (κ3) is 4.94. The number of nitrogens with zero attached hydrogens (tertiary/aromatic N) is 1. The van der Waals surface area contributed by atoms with E-state index in [0.29, 0.717) is 6.54 Å². The van der Waals surface area contributed by atoms with Gasteiger partial charge in [-0.15, -0.1) is 0 Å². The van der Waals surface area contributed by atoms with Crippen molar-refractivity contribution in [3.63, 3.8) is 0 Å². The first-order valence-corrected chi connectivity index (χ1v) is 9.02. The molecule has 2 aromatic rings. The van der Waals surface area contributed by atoms with E-state index in [2.05, 4.69) is 29.4 Å². The van der Waals surface area contributed by atoms with Gasteiger partial charge < -0.3 is 15.4 Å². The van der Waals surface area contributed by atoms with Crippen LogP contribution in [0, 0.1) is 0 Å². The summed E-state index contributed by atoms with van der Waals surface area (Å²) in [7, 11) is 0. The SMILES string of the molecule is C[C@@H]1CN(CCCNC(=O)Nc2cccc3ccccc23)C[C@H](C)O1. The number of morpholine rings is 1. The van der Waals surface area contributed by atoms with Crippen LogP contribution >= 0.6 is 0 Å². The van der Waals surface area contributed by atoms with Crippen LogP contribution in [0.3, 0.4) is 0 Å². The van der Waals surface area contributed by atoms with Gasteiger partial charge in [0.1, 0.15) is 0 Å². The fourth-order valence-corrected chi connectivity index (χ4v) is 3.47. The van der Waals surface area contributed by atoms with Gasteiger partial charge in [-0.2, -0.15) is 0 Å². The topological polar surface area (TPSA) is 53.6 Å². The Hall–Kier alpha value is -2.11. The molecule has 2 N–H and O–H groups in total. The summed E-state index contributed by atoms with van der Waals surface area (Å²) in [5, 5.41) is 8.08. The predicted octanol–water partition coefficient (Wildman–Crippen LogP) is 3.46. The van der Waals surface area contributed by atoms with Gasteiger partial charge >= 0.3 is 6.03 Å². The Kier molecular flexibility index (Phi) is 5.89. The number of anilines is 1. The van der Waals surface area contributed by atoms with Crippen LogP contribution in [-0.4, -0.2) is 49.3 Å². The van der Waals surface area contributed by atoms with Crippen molar-refractivity contribution in [1.82, 2.24) is 10.2 Å². The molecule has 3 rings (SSSR count). The number of rotatable bonds is 5. The second-order valence-corrected chi connectivity index (χ2v) is 6.78. The molecule has 0 spiro atoms. The molecular formula is C20H27N3O2. The summed E-state index contributed by atoms with van der Waals surface area (Å²) in [6, 6.07) is 13.8. The maximum absolute atomic E-state index is 12.2. The van der Waals surface area contributed by atoms with Crippen molar-refractivity contribution in [2.45, 2.75) is 32.5 Å². The van der Waals surface area contributed by atoms with Crippen LogP contribution in [0.2, 0.25) is 0 Å². The molecule has 1 saturated heterocycles. The highest BCUT2D eigenvalue weighted by Gasteiger charge is 2.21. The molecule has 0 unspecified atom stereocenters. The number of carbonyl (C=O) groups is 1. The number of hydrogen-bond donors (Lipinski definition) is 2. The smallest absolute Gasteiger partial charge is 0.319 e. The standard InChI is InChI=1S/C20H27N3O2/c1-15-13-23(14-16(2)25-15)12-6-11-21-20(24)22-19-10-5-8-17-7-3-4-9-18(17)19/h3-5,7-10,15-16H,6,11-14H2,1-2H3,(H2,21,22,24)/t15-,16+. The lowest BCUT2D eigenvalue weighted by Crippen LogP contribution is -2.46. The van der Waals surface area contributed by atoms with E-state index in [4.69, 9.17) is 4.74 Å². The molecule has 5 heteroatoms. The van der Waals surface area contributed by atoms with E-state index in [1.54, 1.807) is 0 Å². The van der Waals surface area contributed by atoms with Gasteiger partial charge in [-0.25, -0.2) is 4.79 Å². The summed E-state index contributed by atoms with van der Waals surface area (Å²) in [5.41, 5.74) is 0.839. The maximum Gasteiger partial charge on any atom is 0.319 e. The maximum atomic E-state index is 12.2. The predicted molar refractivity (Wildman–Crippen MR) is 102 cm³/mol. The van der Waals surface area contributed by atoms with Gasteiger partial charge in [0.05, 0.1) is 17.9 Å². The minimum atomic E-state index is -0.153. The lowest BCUT2D eigenvalue weighted by atomic mass is 10.1. The number of urea groups is 1. The van der Waals surface area contributed by atoms with Gasteiger partial charge in [-0.1, -0.05) is 36.4 Å². The van der Waals surface area contributed by atoms with E-state index >= 15 is 0 Å². The Morgan fingerprint density at radius 3 is 2.64 bits per heavy atom. The third-order valence-electron chi connectivity index (χ3n) is 4.47. The van der Waals surface area contributed by atoms with E-state index in [9.17, 15) is 4.79 Å². The summed E-state index contributed by atoms with van der Waals surface area (Å²) in [6.45, 7) is 7.79. The quantitative estimate of drug-likeness (QED) is 0.819. The zero-order valence-electron chi connectivity index (χ0n) is 15.0. The number of nitrogens with one attached hydrogen (secondary N) is 2. The van der Waals surface area contributed by atoms with Crippen molar-refractivity contribution >= 4 is 22.5 Å². The van der Waals surface area contributed by atoms with Gasteiger partial charge in [-0.05, 0) is 31.7 Å². The molecule has 2 aromatic carbocycles. The molecule has 0 aliphatic carbocycles. The number of benzene rings is 2. The van der Waals surface area contributed by atoms with Gasteiger partial charge in [0.2, 0.25) is 0 Å². The molecule has 2 atom stereocenters. The van der Waals surface area contributed by atoms with Crippen LogP contribution in [0.4, 0.5) is 10.5 Å². The Morgan fingerprint density at radius 2 is 1.84 bits per heavy atom. The van der Waals surface area contributed by atoms with E-state index in [-0.39, 0.29) is 18.2 Å². The molecule has 0 bridgehead atoms. The van der Waals surface area contributed by atoms with Crippen LogP contribution in [-0.2, 0) is 4.74 Å². The molecule has 25 heavy (non-hydrogen) atoms. The van der Waals surface area contributed by atoms with E-state index in [0.717, 1.165) is 42.5 Å². The molecule has 0 saturated carbocycles. The molecule has 1 aliphatic heterocycles. The van der Waals surface area contributed by atoms with E-state index in [1.165, 1.54) is 0 Å². The minimum Gasteiger partial charge on any atom is -0.373 e. The van der Waals surface area contributed by atoms with Crippen molar-refractivity contribution in [1.29, 1.82) is 0 Å². The highest BCUT2D eigenvalue weighted by Crippen LogP contribution is 2.22. The molecule has 2 amide bonds. The fraction of sp³-hybridized carbons (Fsp3) is 0.450. The number of carbonyl (C=O) groups excluding carboxylic acids is 1. The van der Waals surface area contributed by atoms with Crippen LogP contribution < -0.4 is 10.6 Å². The largest absolute Gasteiger partial charge is 0.373 e. The number of fused-ring (bicyclic) bond motifs is 1. The summed E-state index contributed by atoms with van der Waals surface area (Å²) in [4.78, 5) is 14.6. The summed E-state index contributed by atoms with van der Waals surface area (Å²) in [6.07, 6.45) is 1.50. The Bertz CT molecular complexity index is 704. The first-order chi connectivity index (χ1) is 12.1. The van der Waals surface area contributed by atoms with Gasteiger partial charge in [0.15, 0.2) is 0 Å². The fourth-order valence-electron chi connectivity index (χ4n) is 3.47. The summed E-state index contributed by atoms with van der Waals surface area (Å²) in [5.74, 6) is 0. The highest BCUT2D eigenvalue weighted by atomic mass is 16.5. The van der Waals surface area contributed by atoms with Crippen LogP contribution in [0.25, 0.3) is 10.8 Å². The van der Waals surface area contributed by atoms with Crippen molar-refractivity contribution in [2.75, 3.05) is 31.5 Å². The van der Waals surface area contributed by atoms with Gasteiger partial charge in [0.25, 0.3) is 0 Å². The van der Waals surface area contributed by atoms with Crippen LogP contribution in [0.5, 0.6) is 0 Å². The van der Waals surface area contributed by atoms with Crippen LogP contribution in [0.1, 0.15) is 20.3 Å². The average molecular weight is 341 g/mol. The monoisotopic (exact) mass is 341 g/mol. The zero-order valence-corrected chi connectivity index (χ0v) is 15.0. The second kappa shape index (κ2) is 8.32. The molecule has 1 fully saturated rings. The van der Waals surface area contributed by atoms with Gasteiger partial charge in [-0.3, -0.25) is 4.90 Å². The normalized spacial score (nSPS) is 21.2. The lowest BCUT2D eigenvalue weighted by Gasteiger charge is -2.35. The number of amides is 2. The summed E-state index contributed by atoms with van der Waals surface area (Å²) >= 11 is 0. The Morgan fingerprint density at radius 1 is 1.12 bits per heavy atom. The van der Waals surface area contributed by atoms with Crippen molar-refractivity contribution in [2.24, 2.45) is 0 Å². The molecule has 1 heterocycles. The van der Waals surface area contributed by atoms with E-state index < -0.39 is 0 Å². The Balaban J connectivity index is 1.44. The first-order valence-electron chi connectivity index (χ1n) is 9.02. The summed E-state index contributed by atoms with van der Waals surface area (Å²) < 4.78 is 5.74. The zero-order chi connectivity index (χ0) is 17.6.